The van der Waals surface area contributed by atoms with Gasteiger partial charge in [0.15, 0.2) is 0 Å². The molecule has 0 aliphatic rings. The highest BCUT2D eigenvalue weighted by atomic mass is 16.4. The average molecular weight is 335 g/mol. The first kappa shape index (κ1) is 17.9. The van der Waals surface area contributed by atoms with Crippen molar-refractivity contribution in [1.82, 2.24) is 20.2 Å². The third-order valence-corrected chi connectivity index (χ3v) is 3.72. The minimum Gasteiger partial charge on any atom is -0.467 e. The second kappa shape index (κ2) is 7.87. The Kier molecular flexibility index (Phi) is 5.86. The van der Waals surface area contributed by atoms with E-state index in [2.05, 4.69) is 15.6 Å². The predicted octanol–water partition coefficient (Wildman–Crippen LogP) is 1.39. The molecule has 0 aromatic carbocycles. The number of amides is 2. The first-order valence-corrected chi connectivity index (χ1v) is 7.82. The molecule has 8 nitrogen and oxygen atoms in total. The normalized spacial score (nSPS) is 13.4. The lowest BCUT2D eigenvalue weighted by Crippen LogP contribution is -2.41. The number of hydrogen-bond acceptors (Lipinski definition) is 5. The Balaban J connectivity index is 1.78. The SMILES string of the molecule is C[C@@H](C[C@@H](O)c1ccco1)NC(=O)NCc1cnc(N(C)C)n1C. The van der Waals surface area contributed by atoms with Crippen LogP contribution in [0.15, 0.2) is 29.0 Å². The molecule has 0 unspecified atom stereocenters. The minimum absolute atomic E-state index is 0.200. The zero-order chi connectivity index (χ0) is 17.7. The molecule has 2 heterocycles. The molecule has 0 fully saturated rings. The van der Waals surface area contributed by atoms with Gasteiger partial charge in [0.05, 0.1) is 24.7 Å². The molecule has 2 rings (SSSR count). The van der Waals surface area contributed by atoms with E-state index in [1.54, 1.807) is 18.3 Å². The Hall–Kier alpha value is -2.48. The maximum atomic E-state index is 12.0. The van der Waals surface area contributed by atoms with Gasteiger partial charge in [0.1, 0.15) is 11.9 Å². The molecular weight excluding hydrogens is 310 g/mol. The molecule has 0 spiro atoms. The van der Waals surface area contributed by atoms with Crippen molar-refractivity contribution in [3.63, 3.8) is 0 Å². The number of carbonyl (C=O) groups is 1. The molecule has 0 saturated heterocycles. The third-order valence-electron chi connectivity index (χ3n) is 3.72. The Bertz CT molecular complexity index is 651. The summed E-state index contributed by atoms with van der Waals surface area (Å²) in [7, 11) is 5.73. The third kappa shape index (κ3) is 4.51. The van der Waals surface area contributed by atoms with Gasteiger partial charge in [-0.1, -0.05) is 0 Å². The van der Waals surface area contributed by atoms with E-state index in [0.717, 1.165) is 11.6 Å². The monoisotopic (exact) mass is 335 g/mol. The van der Waals surface area contributed by atoms with Crippen molar-refractivity contribution >= 4 is 12.0 Å². The molecule has 0 aliphatic heterocycles. The van der Waals surface area contributed by atoms with Crippen LogP contribution in [-0.4, -0.2) is 40.8 Å². The van der Waals surface area contributed by atoms with Gasteiger partial charge >= 0.3 is 6.03 Å². The van der Waals surface area contributed by atoms with Crippen molar-refractivity contribution in [2.45, 2.75) is 32.0 Å². The van der Waals surface area contributed by atoms with Crippen LogP contribution >= 0.6 is 0 Å². The van der Waals surface area contributed by atoms with Gasteiger partial charge in [-0.2, -0.15) is 0 Å². The van der Waals surface area contributed by atoms with Gasteiger partial charge in [0, 0.05) is 33.6 Å². The van der Waals surface area contributed by atoms with Gasteiger partial charge < -0.3 is 29.6 Å². The highest BCUT2D eigenvalue weighted by Crippen LogP contribution is 2.18. The summed E-state index contributed by atoms with van der Waals surface area (Å²) >= 11 is 0. The van der Waals surface area contributed by atoms with Gasteiger partial charge in [-0.05, 0) is 19.1 Å². The van der Waals surface area contributed by atoms with E-state index in [9.17, 15) is 9.90 Å². The number of anilines is 1. The van der Waals surface area contributed by atoms with Gasteiger partial charge in [0.25, 0.3) is 0 Å². The van der Waals surface area contributed by atoms with Crippen molar-refractivity contribution in [3.05, 3.63) is 36.0 Å². The smallest absolute Gasteiger partial charge is 0.315 e. The molecule has 2 aromatic heterocycles. The van der Waals surface area contributed by atoms with E-state index in [-0.39, 0.29) is 12.1 Å². The topological polar surface area (TPSA) is 95.6 Å². The van der Waals surface area contributed by atoms with E-state index < -0.39 is 6.10 Å². The first-order valence-electron chi connectivity index (χ1n) is 7.82. The van der Waals surface area contributed by atoms with E-state index in [0.29, 0.717) is 18.7 Å². The zero-order valence-electron chi connectivity index (χ0n) is 14.5. The Morgan fingerprint density at radius 3 is 2.83 bits per heavy atom. The number of rotatable bonds is 7. The quantitative estimate of drug-likeness (QED) is 0.711. The van der Waals surface area contributed by atoms with Crippen molar-refractivity contribution in [1.29, 1.82) is 0 Å². The summed E-state index contributed by atoms with van der Waals surface area (Å²) in [6, 6.07) is 2.94. The van der Waals surface area contributed by atoms with Crippen LogP contribution in [-0.2, 0) is 13.6 Å². The van der Waals surface area contributed by atoms with E-state index in [1.807, 2.05) is 37.5 Å². The van der Waals surface area contributed by atoms with Gasteiger partial charge in [0.2, 0.25) is 5.95 Å². The number of aliphatic hydroxyl groups is 1. The van der Waals surface area contributed by atoms with Gasteiger partial charge in [-0.25, -0.2) is 9.78 Å². The van der Waals surface area contributed by atoms with Crippen LogP contribution in [0.3, 0.4) is 0 Å². The number of aromatic nitrogens is 2. The Labute approximate surface area is 141 Å². The molecule has 24 heavy (non-hydrogen) atoms. The molecule has 2 aromatic rings. The number of imidazole rings is 1. The van der Waals surface area contributed by atoms with Crippen LogP contribution in [0.5, 0.6) is 0 Å². The maximum Gasteiger partial charge on any atom is 0.315 e. The zero-order valence-corrected chi connectivity index (χ0v) is 14.5. The van der Waals surface area contributed by atoms with Crippen molar-refractivity contribution in [2.24, 2.45) is 7.05 Å². The van der Waals surface area contributed by atoms with Gasteiger partial charge in [-0.15, -0.1) is 0 Å². The molecule has 2 atom stereocenters. The van der Waals surface area contributed by atoms with Crippen molar-refractivity contribution in [3.8, 4) is 0 Å². The first-order chi connectivity index (χ1) is 11.4. The van der Waals surface area contributed by atoms with Crippen LogP contribution in [0.4, 0.5) is 10.7 Å². The fourth-order valence-electron chi connectivity index (χ4n) is 2.45. The van der Waals surface area contributed by atoms with E-state index >= 15 is 0 Å². The molecular formula is C16H25N5O3. The molecule has 0 radical (unpaired) electrons. The second-order valence-corrected chi connectivity index (χ2v) is 6.00. The average Bonchev–Trinajstić information content (AvgIpc) is 3.14. The van der Waals surface area contributed by atoms with Crippen LogP contribution in [0.1, 0.15) is 30.9 Å². The van der Waals surface area contributed by atoms with Crippen molar-refractivity contribution < 1.29 is 14.3 Å². The number of carbonyl (C=O) groups excluding carboxylic acids is 1. The minimum atomic E-state index is -0.741. The molecule has 8 heteroatoms. The summed E-state index contributed by atoms with van der Waals surface area (Å²) in [5.74, 6) is 1.32. The molecule has 0 aliphatic carbocycles. The Morgan fingerprint density at radius 1 is 1.50 bits per heavy atom. The fourth-order valence-corrected chi connectivity index (χ4v) is 2.45. The summed E-state index contributed by atoms with van der Waals surface area (Å²) in [5.41, 5.74) is 0.900. The summed E-state index contributed by atoms with van der Waals surface area (Å²) in [4.78, 5) is 18.2. The lowest BCUT2D eigenvalue weighted by atomic mass is 10.1. The van der Waals surface area contributed by atoms with E-state index in [4.69, 9.17) is 4.42 Å². The highest BCUT2D eigenvalue weighted by molar-refractivity contribution is 5.74. The number of nitrogens with one attached hydrogen (secondary N) is 2. The van der Waals surface area contributed by atoms with E-state index in [1.165, 1.54) is 6.26 Å². The standard InChI is InChI=1S/C16H25N5O3/c1-11(8-13(22)14-6-5-7-24-14)19-15(23)17-9-12-10-18-16(20(2)3)21(12)4/h5-7,10-11,13,22H,8-9H2,1-4H3,(H2,17,19,23)/t11-,13+/m0/s1. The number of hydrogen-bond donors (Lipinski definition) is 3. The number of urea groups is 1. The lowest BCUT2D eigenvalue weighted by Gasteiger charge is -2.17. The molecule has 2 amide bonds. The highest BCUT2D eigenvalue weighted by Gasteiger charge is 2.16. The predicted molar refractivity (Wildman–Crippen MR) is 90.7 cm³/mol. The summed E-state index contributed by atoms with van der Waals surface area (Å²) in [6.45, 7) is 2.20. The molecule has 0 saturated carbocycles. The van der Waals surface area contributed by atoms with Crippen LogP contribution in [0.2, 0.25) is 0 Å². The van der Waals surface area contributed by atoms with Gasteiger partial charge in [-0.3, -0.25) is 0 Å². The van der Waals surface area contributed by atoms with Crippen LogP contribution in [0.25, 0.3) is 0 Å². The van der Waals surface area contributed by atoms with Crippen LogP contribution in [0, 0.1) is 0 Å². The summed E-state index contributed by atoms with van der Waals surface area (Å²) in [6.07, 6.45) is 2.88. The molecule has 3 N–H and O–H groups in total. The summed E-state index contributed by atoms with van der Waals surface area (Å²) in [5, 5.41) is 15.6. The number of furan rings is 1. The second-order valence-electron chi connectivity index (χ2n) is 6.00. The van der Waals surface area contributed by atoms with Crippen LogP contribution < -0.4 is 15.5 Å². The lowest BCUT2D eigenvalue weighted by molar-refractivity contribution is 0.129. The molecule has 132 valence electrons. The number of nitrogens with zero attached hydrogens (tertiary/aromatic N) is 3. The fraction of sp³-hybridized carbons (Fsp3) is 0.500. The largest absolute Gasteiger partial charge is 0.467 e. The Morgan fingerprint density at radius 2 is 2.25 bits per heavy atom. The maximum absolute atomic E-state index is 12.0. The molecule has 0 bridgehead atoms. The number of aliphatic hydroxyl groups excluding tert-OH is 1. The van der Waals surface area contributed by atoms with Crippen molar-refractivity contribution in [2.75, 3.05) is 19.0 Å². The summed E-state index contributed by atoms with van der Waals surface area (Å²) < 4.78 is 7.07.